The third-order valence-electron chi connectivity index (χ3n) is 6.27. The van der Waals surface area contributed by atoms with Gasteiger partial charge in [-0.2, -0.15) is 10.1 Å². The minimum Gasteiger partial charge on any atom is -0.341 e. The van der Waals surface area contributed by atoms with Crippen molar-refractivity contribution in [3.05, 3.63) is 65.3 Å². The number of alkyl halides is 1. The zero-order valence-electron chi connectivity index (χ0n) is 18.2. The van der Waals surface area contributed by atoms with Gasteiger partial charge in [-0.05, 0) is 25.0 Å². The molecule has 2 aromatic heterocycles. The molecular weight excluding hydrogens is 553 g/mol. The predicted molar refractivity (Wildman–Crippen MR) is 138 cm³/mol. The fourth-order valence-electron chi connectivity index (χ4n) is 4.45. The SMILES string of the molecule is CN1C(=O)C(Cn2cccn2)=CC2C=C(Nc3nc(N4CCC(I)CC4)ncc3Cl)C=CC21. The van der Waals surface area contributed by atoms with Crippen LogP contribution in [-0.4, -0.2) is 60.7 Å². The minimum atomic E-state index is -0.0181. The van der Waals surface area contributed by atoms with E-state index in [1.165, 1.54) is 0 Å². The molecule has 2 unspecified atom stereocenters. The van der Waals surface area contributed by atoms with Gasteiger partial charge in [0.1, 0.15) is 5.02 Å². The van der Waals surface area contributed by atoms with E-state index in [0.29, 0.717) is 27.3 Å². The monoisotopic (exact) mass is 577 g/mol. The zero-order valence-corrected chi connectivity index (χ0v) is 21.1. The Morgan fingerprint density at radius 1 is 1.27 bits per heavy atom. The number of hydrogen-bond donors (Lipinski definition) is 1. The molecule has 8 nitrogen and oxygen atoms in total. The summed E-state index contributed by atoms with van der Waals surface area (Å²) in [4.78, 5) is 26.0. The Kier molecular flexibility index (Phi) is 6.42. The van der Waals surface area contributed by atoms with Crippen molar-refractivity contribution < 1.29 is 4.79 Å². The van der Waals surface area contributed by atoms with E-state index in [-0.39, 0.29) is 17.9 Å². The van der Waals surface area contributed by atoms with E-state index < -0.39 is 0 Å². The Labute approximate surface area is 211 Å². The molecule has 1 fully saturated rings. The fraction of sp³-hybridized carbons (Fsp3) is 0.391. The second kappa shape index (κ2) is 9.46. The van der Waals surface area contributed by atoms with E-state index in [1.54, 1.807) is 22.0 Å². The van der Waals surface area contributed by atoms with Crippen LogP contribution in [0.2, 0.25) is 5.02 Å². The average Bonchev–Trinajstić information content (AvgIpc) is 3.32. The molecule has 1 amide bonds. The highest BCUT2D eigenvalue weighted by atomic mass is 127. The fourth-order valence-corrected chi connectivity index (χ4v) is 5.14. The van der Waals surface area contributed by atoms with Crippen LogP contribution in [0.15, 0.2) is 60.2 Å². The van der Waals surface area contributed by atoms with Crippen LogP contribution in [-0.2, 0) is 11.3 Å². The van der Waals surface area contributed by atoms with Crippen molar-refractivity contribution >= 4 is 51.9 Å². The number of allylic oxidation sites excluding steroid dienone is 1. The molecule has 0 saturated carbocycles. The topological polar surface area (TPSA) is 79.2 Å². The number of hydrogen-bond acceptors (Lipinski definition) is 6. The molecule has 33 heavy (non-hydrogen) atoms. The van der Waals surface area contributed by atoms with Gasteiger partial charge < -0.3 is 15.1 Å². The summed E-state index contributed by atoms with van der Waals surface area (Å²) >= 11 is 8.94. The Hall–Kier alpha value is -2.40. The molecule has 3 aliphatic rings. The second-order valence-electron chi connectivity index (χ2n) is 8.51. The first kappa shape index (κ1) is 22.4. The summed E-state index contributed by atoms with van der Waals surface area (Å²) in [5, 5.41) is 8.08. The zero-order chi connectivity index (χ0) is 22.9. The largest absolute Gasteiger partial charge is 0.341 e. The van der Waals surface area contributed by atoms with E-state index in [2.05, 4.69) is 49.0 Å². The van der Waals surface area contributed by atoms with Crippen LogP contribution in [0.25, 0.3) is 0 Å². The molecule has 0 radical (unpaired) electrons. The van der Waals surface area contributed by atoms with Gasteiger partial charge in [-0.15, -0.1) is 0 Å². The summed E-state index contributed by atoms with van der Waals surface area (Å²) in [6, 6.07) is 1.84. The summed E-state index contributed by atoms with van der Waals surface area (Å²) < 4.78 is 2.48. The molecule has 1 aliphatic carbocycles. The maximum atomic E-state index is 12.8. The van der Waals surface area contributed by atoms with Gasteiger partial charge in [0.05, 0.1) is 18.8 Å². The molecule has 172 valence electrons. The normalized spacial score (nSPS) is 23.3. The van der Waals surface area contributed by atoms with E-state index in [1.807, 2.05) is 37.5 Å². The quantitative estimate of drug-likeness (QED) is 0.432. The summed E-state index contributed by atoms with van der Waals surface area (Å²) in [5.41, 5.74) is 1.63. The van der Waals surface area contributed by atoms with Crippen LogP contribution in [0.5, 0.6) is 0 Å². The van der Waals surface area contributed by atoms with Gasteiger partial charge in [0.2, 0.25) is 5.95 Å². The smallest absolute Gasteiger partial charge is 0.251 e. The second-order valence-corrected chi connectivity index (χ2v) is 10.7. The highest BCUT2D eigenvalue weighted by molar-refractivity contribution is 14.1. The van der Waals surface area contributed by atoms with Crippen molar-refractivity contribution in [3.8, 4) is 0 Å². The molecule has 2 aliphatic heterocycles. The van der Waals surface area contributed by atoms with Crippen molar-refractivity contribution in [2.45, 2.75) is 29.4 Å². The van der Waals surface area contributed by atoms with E-state index in [0.717, 1.165) is 37.2 Å². The van der Waals surface area contributed by atoms with E-state index >= 15 is 0 Å². The van der Waals surface area contributed by atoms with E-state index in [9.17, 15) is 4.79 Å². The number of rotatable bonds is 5. The number of piperidine rings is 1. The highest BCUT2D eigenvalue weighted by Gasteiger charge is 2.33. The number of carbonyl (C=O) groups is 1. The number of aromatic nitrogens is 4. The Morgan fingerprint density at radius 3 is 2.85 bits per heavy atom. The maximum Gasteiger partial charge on any atom is 0.251 e. The van der Waals surface area contributed by atoms with Crippen LogP contribution in [0, 0.1) is 5.92 Å². The van der Waals surface area contributed by atoms with Crippen LogP contribution in [0.4, 0.5) is 11.8 Å². The van der Waals surface area contributed by atoms with Gasteiger partial charge in [0, 0.05) is 53.6 Å². The molecule has 0 bridgehead atoms. The number of likely N-dealkylation sites (N-methyl/N-ethyl adjacent to an activating group) is 1. The number of nitrogens with one attached hydrogen (secondary N) is 1. The first-order chi connectivity index (χ1) is 16.0. The lowest BCUT2D eigenvalue weighted by Crippen LogP contribution is -2.45. The van der Waals surface area contributed by atoms with E-state index in [4.69, 9.17) is 16.6 Å². The molecule has 1 N–H and O–H groups in total. The van der Waals surface area contributed by atoms with Gasteiger partial charge >= 0.3 is 0 Å². The van der Waals surface area contributed by atoms with Crippen molar-refractivity contribution in [3.63, 3.8) is 0 Å². The summed E-state index contributed by atoms with van der Waals surface area (Å²) in [6.07, 6.45) is 15.7. The van der Waals surface area contributed by atoms with Gasteiger partial charge in [0.15, 0.2) is 5.82 Å². The van der Waals surface area contributed by atoms with Crippen molar-refractivity contribution in [1.82, 2.24) is 24.6 Å². The number of nitrogens with zero attached hydrogens (tertiary/aromatic N) is 6. The number of fused-ring (bicyclic) bond motifs is 1. The molecule has 0 aromatic carbocycles. The molecule has 2 atom stereocenters. The maximum absolute atomic E-state index is 12.8. The van der Waals surface area contributed by atoms with Gasteiger partial charge in [-0.1, -0.05) is 52.4 Å². The van der Waals surface area contributed by atoms with Crippen LogP contribution in [0.1, 0.15) is 12.8 Å². The Morgan fingerprint density at radius 2 is 2.09 bits per heavy atom. The van der Waals surface area contributed by atoms with Crippen molar-refractivity contribution in [2.24, 2.45) is 5.92 Å². The number of halogens is 2. The third-order valence-corrected chi connectivity index (χ3v) is 7.79. The Bertz CT molecular complexity index is 1120. The number of anilines is 2. The standard InChI is InChI=1S/C23H25ClIN7O/c1-30-20-4-3-18(12-15(20)11-16(22(30)33)14-32-8-2-7-27-32)28-21-19(24)13-26-23(29-21)31-9-5-17(25)6-10-31/h2-4,7-8,11-13,15,17,20H,5-6,9-10,14H2,1H3,(H,26,28,29). The van der Waals surface area contributed by atoms with Gasteiger partial charge in [-0.25, -0.2) is 4.98 Å². The first-order valence-corrected chi connectivity index (χ1v) is 12.6. The molecular formula is C23H25ClIN7O. The van der Waals surface area contributed by atoms with Crippen LogP contribution < -0.4 is 10.2 Å². The van der Waals surface area contributed by atoms with Crippen LogP contribution in [0.3, 0.4) is 0 Å². The Balaban J connectivity index is 1.36. The lowest BCUT2D eigenvalue weighted by Gasteiger charge is -2.37. The predicted octanol–water partition coefficient (Wildman–Crippen LogP) is 3.68. The summed E-state index contributed by atoms with van der Waals surface area (Å²) in [5.74, 6) is 1.37. The van der Waals surface area contributed by atoms with Crippen molar-refractivity contribution in [1.29, 1.82) is 0 Å². The lowest BCUT2D eigenvalue weighted by molar-refractivity contribution is -0.128. The lowest BCUT2D eigenvalue weighted by atomic mass is 9.87. The number of amides is 1. The molecule has 1 saturated heterocycles. The first-order valence-electron chi connectivity index (χ1n) is 11.0. The van der Waals surface area contributed by atoms with Gasteiger partial charge in [-0.3, -0.25) is 9.48 Å². The summed E-state index contributed by atoms with van der Waals surface area (Å²) in [6.45, 7) is 2.35. The average molecular weight is 578 g/mol. The molecule has 2 aromatic rings. The van der Waals surface area contributed by atoms with Crippen LogP contribution >= 0.6 is 34.2 Å². The summed E-state index contributed by atoms with van der Waals surface area (Å²) in [7, 11) is 1.85. The minimum absolute atomic E-state index is 0.0181. The molecule has 4 heterocycles. The van der Waals surface area contributed by atoms with Gasteiger partial charge in [0.25, 0.3) is 5.91 Å². The molecule has 5 rings (SSSR count). The highest BCUT2D eigenvalue weighted by Crippen LogP contribution is 2.31. The molecule has 0 spiro atoms. The van der Waals surface area contributed by atoms with Crippen molar-refractivity contribution in [2.75, 3.05) is 30.4 Å². The number of carbonyl (C=O) groups excluding carboxylic acids is 1. The molecule has 10 heteroatoms. The third kappa shape index (κ3) is 4.79.